The van der Waals surface area contributed by atoms with Crippen molar-refractivity contribution in [2.24, 2.45) is 5.73 Å². The molecule has 162 valence electrons. The summed E-state index contributed by atoms with van der Waals surface area (Å²) in [7, 11) is 0. The largest absolute Gasteiger partial charge is 0.481 e. The fourth-order valence-electron chi connectivity index (χ4n) is 3.13. The lowest BCUT2D eigenvalue weighted by Crippen LogP contribution is -2.21. The van der Waals surface area contributed by atoms with Crippen molar-refractivity contribution in [2.75, 3.05) is 11.9 Å². The molecule has 0 aliphatic carbocycles. The number of fused-ring (bicyclic) bond motifs is 1. The van der Waals surface area contributed by atoms with Gasteiger partial charge in [-0.05, 0) is 48.0 Å². The van der Waals surface area contributed by atoms with Gasteiger partial charge in [-0.2, -0.15) is 0 Å². The van der Waals surface area contributed by atoms with Crippen LogP contribution < -0.4 is 15.8 Å². The van der Waals surface area contributed by atoms with Gasteiger partial charge in [0.05, 0.1) is 4.88 Å². The van der Waals surface area contributed by atoms with E-state index in [1.54, 1.807) is 0 Å². The third kappa shape index (κ3) is 5.04. The van der Waals surface area contributed by atoms with E-state index in [2.05, 4.69) is 5.32 Å². The molecule has 1 heterocycles. The molecule has 8 heteroatoms. The van der Waals surface area contributed by atoms with Gasteiger partial charge in [0.1, 0.15) is 24.0 Å². The molecular weight excluding hydrogens is 429 g/mol. The average molecular weight is 450 g/mol. The number of nitrogen functional groups attached to an aromatic ring is 1. The Kier molecular flexibility index (Phi) is 6.32. The van der Waals surface area contributed by atoms with Gasteiger partial charge < -0.3 is 15.2 Å². The van der Waals surface area contributed by atoms with Crippen molar-refractivity contribution >= 4 is 39.0 Å². The van der Waals surface area contributed by atoms with Crippen LogP contribution in [0.3, 0.4) is 0 Å². The van der Waals surface area contributed by atoms with Gasteiger partial charge in [-0.25, -0.2) is 9.18 Å². The van der Waals surface area contributed by atoms with Crippen molar-refractivity contribution in [1.82, 2.24) is 0 Å². The molecule has 4 aromatic rings. The lowest BCUT2D eigenvalue weighted by atomic mass is 10.1. The van der Waals surface area contributed by atoms with Gasteiger partial charge in [-0.15, -0.1) is 11.3 Å². The highest BCUT2D eigenvalue weighted by Crippen LogP contribution is 2.35. The maximum Gasteiger partial charge on any atom is 0.411 e. The number of benzene rings is 3. The average Bonchev–Trinajstić information content (AvgIpc) is 3.24. The molecule has 1 atom stereocenters. The van der Waals surface area contributed by atoms with E-state index in [1.165, 1.54) is 35.6 Å². The first kappa shape index (κ1) is 21.3. The molecule has 4 N–H and O–H groups in total. The maximum atomic E-state index is 13.1. The van der Waals surface area contributed by atoms with Crippen LogP contribution in [0.1, 0.15) is 16.5 Å². The molecule has 3 aromatic carbocycles. The number of nitrogens with two attached hydrogens (primary N) is 1. The van der Waals surface area contributed by atoms with E-state index >= 15 is 0 Å². The predicted octanol–water partition coefficient (Wildman–Crippen LogP) is 5.69. The number of amides is 1. The first-order valence-corrected chi connectivity index (χ1v) is 10.6. The lowest BCUT2D eigenvalue weighted by molar-refractivity contribution is 0.0910. The minimum atomic E-state index is -0.672. The van der Waals surface area contributed by atoms with Crippen LogP contribution in [0.5, 0.6) is 5.75 Å². The number of rotatable bonds is 7. The second-order valence-electron chi connectivity index (χ2n) is 6.94. The van der Waals surface area contributed by atoms with Gasteiger partial charge in [-0.3, -0.25) is 10.7 Å². The summed E-state index contributed by atoms with van der Waals surface area (Å²) in [5, 5.41) is 11.1. The molecule has 1 amide bonds. The van der Waals surface area contributed by atoms with Crippen molar-refractivity contribution < 1.29 is 18.7 Å². The van der Waals surface area contributed by atoms with Crippen LogP contribution in [0, 0.1) is 11.2 Å². The Balaban J connectivity index is 1.53. The van der Waals surface area contributed by atoms with E-state index in [0.29, 0.717) is 16.3 Å². The van der Waals surface area contributed by atoms with Gasteiger partial charge in [-0.1, -0.05) is 36.4 Å². The molecule has 1 unspecified atom stereocenters. The fourth-order valence-corrected chi connectivity index (χ4v) is 4.07. The first-order valence-electron chi connectivity index (χ1n) is 9.77. The van der Waals surface area contributed by atoms with Crippen LogP contribution in [0.25, 0.3) is 10.1 Å². The molecule has 32 heavy (non-hydrogen) atoms. The molecule has 0 spiro atoms. The Labute approximate surface area is 187 Å². The van der Waals surface area contributed by atoms with Crippen LogP contribution in [0.2, 0.25) is 0 Å². The zero-order chi connectivity index (χ0) is 22.5. The minimum absolute atomic E-state index is 0.00226. The quantitative estimate of drug-likeness (QED) is 0.249. The first-order chi connectivity index (χ1) is 15.5. The number of hydrogen-bond acceptors (Lipinski definition) is 5. The fraction of sp³-hybridized carbons (Fsp3) is 0.0833. The summed E-state index contributed by atoms with van der Waals surface area (Å²) < 4.78 is 25.7. The summed E-state index contributed by atoms with van der Waals surface area (Å²) >= 11 is 1.41. The highest BCUT2D eigenvalue weighted by molar-refractivity contribution is 7.20. The normalized spacial score (nSPS) is 11.7. The van der Waals surface area contributed by atoms with Gasteiger partial charge in [0.2, 0.25) is 0 Å². The summed E-state index contributed by atoms with van der Waals surface area (Å²) in [6.07, 6.45) is -1.24. The van der Waals surface area contributed by atoms with Gasteiger partial charge in [0.15, 0.2) is 6.10 Å². The van der Waals surface area contributed by atoms with Gasteiger partial charge in [0.25, 0.3) is 0 Å². The van der Waals surface area contributed by atoms with E-state index in [0.717, 1.165) is 15.6 Å². The van der Waals surface area contributed by atoms with E-state index in [4.69, 9.17) is 20.6 Å². The SMILES string of the molecule is N=C(N)c1cc2c(OC(COC(=O)Nc3ccc(F)cc3)c3ccccc3)cccc2s1. The van der Waals surface area contributed by atoms with Crippen LogP contribution in [0.4, 0.5) is 14.9 Å². The highest BCUT2D eigenvalue weighted by Gasteiger charge is 2.19. The summed E-state index contributed by atoms with van der Waals surface area (Å²) in [6.45, 7) is -0.0445. The second kappa shape index (κ2) is 9.49. The monoisotopic (exact) mass is 449 g/mol. The number of nitrogens with one attached hydrogen (secondary N) is 2. The highest BCUT2D eigenvalue weighted by atomic mass is 32.1. The van der Waals surface area contributed by atoms with Crippen molar-refractivity contribution in [1.29, 1.82) is 5.41 Å². The summed E-state index contributed by atoms with van der Waals surface area (Å²) in [6, 6.07) is 22.3. The number of halogens is 1. The number of anilines is 1. The van der Waals surface area contributed by atoms with E-state index in [1.807, 2.05) is 54.6 Å². The Morgan fingerprint density at radius 3 is 2.53 bits per heavy atom. The molecule has 0 fully saturated rings. The Bertz CT molecular complexity index is 1240. The number of ether oxygens (including phenoxy) is 2. The number of thiophene rings is 1. The number of amidine groups is 1. The van der Waals surface area contributed by atoms with E-state index in [-0.39, 0.29) is 12.4 Å². The number of carbonyl (C=O) groups excluding carboxylic acids is 1. The van der Waals surface area contributed by atoms with Crippen molar-refractivity contribution in [3.8, 4) is 5.75 Å². The Hall–Kier alpha value is -3.91. The van der Waals surface area contributed by atoms with Crippen LogP contribution in [0.15, 0.2) is 78.9 Å². The van der Waals surface area contributed by atoms with E-state index < -0.39 is 18.0 Å². The molecule has 0 aliphatic heterocycles. The molecule has 0 bridgehead atoms. The predicted molar refractivity (Wildman–Crippen MR) is 124 cm³/mol. The molecule has 0 saturated carbocycles. The smallest absolute Gasteiger partial charge is 0.411 e. The summed E-state index contributed by atoms with van der Waals surface area (Å²) in [5.74, 6) is 0.206. The number of hydrogen-bond donors (Lipinski definition) is 3. The van der Waals surface area contributed by atoms with Crippen LogP contribution in [-0.2, 0) is 4.74 Å². The second-order valence-corrected chi connectivity index (χ2v) is 8.02. The molecular formula is C24H20FN3O3S. The molecule has 0 radical (unpaired) electrons. The minimum Gasteiger partial charge on any atom is -0.481 e. The Morgan fingerprint density at radius 1 is 1.06 bits per heavy atom. The summed E-state index contributed by atoms with van der Waals surface area (Å²) in [4.78, 5) is 12.9. The zero-order valence-electron chi connectivity index (χ0n) is 16.9. The maximum absolute atomic E-state index is 13.1. The van der Waals surface area contributed by atoms with Crippen molar-refractivity contribution in [3.05, 3.63) is 95.1 Å². The standard InChI is InChI=1S/C24H20FN3O3S/c25-16-9-11-17(12-10-16)28-24(29)30-14-20(15-5-2-1-3-6-15)31-19-7-4-8-21-18(19)13-22(32-21)23(26)27/h1-13,20H,14H2,(H3,26,27)(H,28,29). The molecule has 4 rings (SSSR count). The van der Waals surface area contributed by atoms with Crippen LogP contribution >= 0.6 is 11.3 Å². The van der Waals surface area contributed by atoms with Crippen molar-refractivity contribution in [2.45, 2.75) is 6.10 Å². The molecule has 0 aliphatic rings. The zero-order valence-corrected chi connectivity index (χ0v) is 17.7. The lowest BCUT2D eigenvalue weighted by Gasteiger charge is -2.20. The van der Waals surface area contributed by atoms with E-state index in [9.17, 15) is 9.18 Å². The van der Waals surface area contributed by atoms with Crippen LogP contribution in [-0.4, -0.2) is 18.5 Å². The molecule has 6 nitrogen and oxygen atoms in total. The molecule has 1 aromatic heterocycles. The third-order valence-corrected chi connectivity index (χ3v) is 5.82. The Morgan fingerprint density at radius 2 is 1.81 bits per heavy atom. The topological polar surface area (TPSA) is 97.4 Å². The third-order valence-electron chi connectivity index (χ3n) is 4.68. The number of carbonyl (C=O) groups is 1. The van der Waals surface area contributed by atoms with Crippen molar-refractivity contribution in [3.63, 3.8) is 0 Å². The summed E-state index contributed by atoms with van der Waals surface area (Å²) in [5.41, 5.74) is 6.90. The van der Waals surface area contributed by atoms with Gasteiger partial charge >= 0.3 is 6.09 Å². The van der Waals surface area contributed by atoms with Gasteiger partial charge in [0, 0.05) is 15.8 Å². The molecule has 0 saturated heterocycles.